The molecular weight excluding hydrogens is 232 g/mol. The maximum Gasteiger partial charge on any atom is 0.0397 e. The summed E-state index contributed by atoms with van der Waals surface area (Å²) in [6.45, 7) is 14.8. The van der Waals surface area contributed by atoms with Crippen molar-refractivity contribution < 1.29 is 0 Å². The second kappa shape index (κ2) is 5.16. The van der Waals surface area contributed by atoms with E-state index in [0.717, 1.165) is 19.6 Å². The van der Waals surface area contributed by atoms with E-state index < -0.39 is 0 Å². The Hall–Kier alpha value is -1.02. The van der Waals surface area contributed by atoms with Crippen molar-refractivity contribution in [2.45, 2.75) is 46.1 Å². The van der Waals surface area contributed by atoms with Crippen LogP contribution in [0.2, 0.25) is 0 Å². The van der Waals surface area contributed by atoms with Crippen LogP contribution in [0.5, 0.6) is 0 Å². The number of likely N-dealkylation sites (N-methyl/N-ethyl adjacent to an activating group) is 1. The lowest BCUT2D eigenvalue weighted by Crippen LogP contribution is -2.50. The van der Waals surface area contributed by atoms with Gasteiger partial charge in [0.15, 0.2) is 0 Å². The van der Waals surface area contributed by atoms with Gasteiger partial charge < -0.3 is 9.80 Å². The molecule has 0 aromatic heterocycles. The van der Waals surface area contributed by atoms with Crippen LogP contribution in [-0.4, -0.2) is 37.6 Å². The van der Waals surface area contributed by atoms with E-state index in [1.165, 1.54) is 16.8 Å². The second-order valence-electron chi connectivity index (χ2n) is 7.03. The summed E-state index contributed by atoms with van der Waals surface area (Å²) in [5.41, 5.74) is 4.48. The molecular formula is C17H28N2. The fourth-order valence-corrected chi connectivity index (χ4v) is 2.74. The van der Waals surface area contributed by atoms with Gasteiger partial charge in [-0.3, -0.25) is 0 Å². The van der Waals surface area contributed by atoms with E-state index in [1.54, 1.807) is 0 Å². The summed E-state index contributed by atoms with van der Waals surface area (Å²) in [6.07, 6.45) is 0. The Morgan fingerprint density at radius 3 is 2.37 bits per heavy atom. The van der Waals surface area contributed by atoms with Gasteiger partial charge in [-0.2, -0.15) is 0 Å². The normalized spacial score (nSPS) is 21.8. The highest BCUT2D eigenvalue weighted by Crippen LogP contribution is 2.29. The van der Waals surface area contributed by atoms with Crippen LogP contribution in [0, 0.1) is 6.92 Å². The molecule has 106 valence electrons. The Morgan fingerprint density at radius 1 is 1.16 bits per heavy atom. The lowest BCUT2D eigenvalue weighted by atomic mass is 9.86. The fraction of sp³-hybridized carbons (Fsp3) is 0.647. The number of nitrogens with zero attached hydrogens (tertiary/aromatic N) is 2. The van der Waals surface area contributed by atoms with E-state index in [9.17, 15) is 0 Å². The second-order valence-corrected chi connectivity index (χ2v) is 7.03. The van der Waals surface area contributed by atoms with Crippen LogP contribution in [0.3, 0.4) is 0 Å². The van der Waals surface area contributed by atoms with E-state index in [2.05, 4.69) is 69.7 Å². The van der Waals surface area contributed by atoms with Crippen molar-refractivity contribution in [1.29, 1.82) is 0 Å². The molecule has 0 N–H and O–H groups in total. The summed E-state index contributed by atoms with van der Waals surface area (Å²) in [6, 6.07) is 7.60. The van der Waals surface area contributed by atoms with Crippen molar-refractivity contribution >= 4 is 5.69 Å². The highest BCUT2D eigenvalue weighted by atomic mass is 15.3. The van der Waals surface area contributed by atoms with E-state index in [4.69, 9.17) is 0 Å². The number of anilines is 1. The molecule has 0 saturated carbocycles. The van der Waals surface area contributed by atoms with Crippen LogP contribution in [0.1, 0.15) is 38.8 Å². The smallest absolute Gasteiger partial charge is 0.0397 e. The molecule has 1 heterocycles. The summed E-state index contributed by atoms with van der Waals surface area (Å²) in [4.78, 5) is 4.97. The molecule has 0 radical (unpaired) electrons. The molecule has 1 aromatic carbocycles. The summed E-state index contributed by atoms with van der Waals surface area (Å²) < 4.78 is 0. The van der Waals surface area contributed by atoms with Crippen LogP contribution in [0.4, 0.5) is 5.69 Å². The van der Waals surface area contributed by atoms with Crippen LogP contribution in [0.25, 0.3) is 0 Å². The molecule has 1 unspecified atom stereocenters. The van der Waals surface area contributed by atoms with E-state index in [0.29, 0.717) is 6.04 Å². The van der Waals surface area contributed by atoms with Crippen molar-refractivity contribution in [3.8, 4) is 0 Å². The van der Waals surface area contributed by atoms with Crippen molar-refractivity contribution in [1.82, 2.24) is 4.90 Å². The minimum Gasteiger partial charge on any atom is -0.368 e. The predicted octanol–water partition coefficient (Wildman–Crippen LogP) is 3.43. The average molecular weight is 260 g/mol. The SMILES string of the molecule is Cc1cc(C(C)(C)C)ccc1N1CCN(C)C(C)C1. The van der Waals surface area contributed by atoms with Gasteiger partial charge in [0, 0.05) is 31.4 Å². The maximum atomic E-state index is 2.53. The third-order valence-corrected chi connectivity index (χ3v) is 4.36. The molecule has 1 aliphatic heterocycles. The zero-order valence-electron chi connectivity index (χ0n) is 13.3. The third kappa shape index (κ3) is 3.11. The first-order valence-electron chi connectivity index (χ1n) is 7.35. The monoisotopic (exact) mass is 260 g/mol. The quantitative estimate of drug-likeness (QED) is 0.763. The summed E-state index contributed by atoms with van der Waals surface area (Å²) in [7, 11) is 2.22. The molecule has 2 rings (SSSR count). The molecule has 0 aliphatic carbocycles. The van der Waals surface area contributed by atoms with Gasteiger partial charge in [-0.1, -0.05) is 32.9 Å². The van der Waals surface area contributed by atoms with Crippen LogP contribution in [0.15, 0.2) is 18.2 Å². The van der Waals surface area contributed by atoms with Gasteiger partial charge in [-0.15, -0.1) is 0 Å². The van der Waals surface area contributed by atoms with Gasteiger partial charge >= 0.3 is 0 Å². The highest BCUT2D eigenvalue weighted by Gasteiger charge is 2.22. The Morgan fingerprint density at radius 2 is 1.84 bits per heavy atom. The number of hydrogen-bond acceptors (Lipinski definition) is 2. The number of rotatable bonds is 1. The maximum absolute atomic E-state index is 2.53. The predicted molar refractivity (Wildman–Crippen MR) is 84.2 cm³/mol. The standard InChI is InChI=1S/C17H28N2/c1-13-11-15(17(3,4)5)7-8-16(13)19-10-9-18(6)14(2)12-19/h7-8,11,14H,9-10,12H2,1-6H3. The molecule has 0 bridgehead atoms. The summed E-state index contributed by atoms with van der Waals surface area (Å²) >= 11 is 0. The molecule has 19 heavy (non-hydrogen) atoms. The van der Waals surface area contributed by atoms with Gasteiger partial charge in [0.2, 0.25) is 0 Å². The van der Waals surface area contributed by atoms with Gasteiger partial charge in [-0.05, 0) is 43.5 Å². The minimum atomic E-state index is 0.235. The van der Waals surface area contributed by atoms with Gasteiger partial charge in [-0.25, -0.2) is 0 Å². The molecule has 0 amide bonds. The molecule has 2 nitrogen and oxygen atoms in total. The van der Waals surface area contributed by atoms with Crippen molar-refractivity contribution in [2.75, 3.05) is 31.6 Å². The van der Waals surface area contributed by atoms with E-state index in [-0.39, 0.29) is 5.41 Å². The molecule has 0 spiro atoms. The summed E-state index contributed by atoms with van der Waals surface area (Å²) in [5, 5.41) is 0. The third-order valence-electron chi connectivity index (χ3n) is 4.36. The first kappa shape index (κ1) is 14.4. The first-order valence-corrected chi connectivity index (χ1v) is 7.35. The van der Waals surface area contributed by atoms with E-state index in [1.807, 2.05) is 0 Å². The number of benzene rings is 1. The van der Waals surface area contributed by atoms with Crippen LogP contribution < -0.4 is 4.90 Å². The Bertz CT molecular complexity index is 445. The lowest BCUT2D eigenvalue weighted by Gasteiger charge is -2.39. The molecule has 1 saturated heterocycles. The zero-order valence-corrected chi connectivity index (χ0v) is 13.3. The van der Waals surface area contributed by atoms with Crippen molar-refractivity contribution in [3.63, 3.8) is 0 Å². The van der Waals surface area contributed by atoms with Crippen LogP contribution >= 0.6 is 0 Å². The highest BCUT2D eigenvalue weighted by molar-refractivity contribution is 5.55. The zero-order chi connectivity index (χ0) is 14.2. The van der Waals surface area contributed by atoms with Crippen LogP contribution in [-0.2, 0) is 5.41 Å². The number of aryl methyl sites for hydroxylation is 1. The fourth-order valence-electron chi connectivity index (χ4n) is 2.74. The number of piperazine rings is 1. The van der Waals surface area contributed by atoms with Crippen molar-refractivity contribution in [3.05, 3.63) is 29.3 Å². The molecule has 1 fully saturated rings. The van der Waals surface area contributed by atoms with Crippen molar-refractivity contribution in [2.24, 2.45) is 0 Å². The summed E-state index contributed by atoms with van der Waals surface area (Å²) in [5.74, 6) is 0. The molecule has 1 atom stereocenters. The van der Waals surface area contributed by atoms with Gasteiger partial charge in [0.05, 0.1) is 0 Å². The molecule has 1 aliphatic rings. The average Bonchev–Trinajstić information content (AvgIpc) is 2.31. The van der Waals surface area contributed by atoms with Gasteiger partial charge in [0.1, 0.15) is 0 Å². The Balaban J connectivity index is 2.22. The molecule has 2 heteroatoms. The number of hydrogen-bond donors (Lipinski definition) is 0. The topological polar surface area (TPSA) is 6.48 Å². The first-order chi connectivity index (χ1) is 8.79. The van der Waals surface area contributed by atoms with E-state index >= 15 is 0 Å². The largest absolute Gasteiger partial charge is 0.368 e. The Labute approximate surface area is 118 Å². The Kier molecular flexibility index (Phi) is 3.91. The molecule has 1 aromatic rings. The lowest BCUT2D eigenvalue weighted by molar-refractivity contribution is 0.234. The minimum absolute atomic E-state index is 0.235. The van der Waals surface area contributed by atoms with Gasteiger partial charge in [0.25, 0.3) is 0 Å².